The number of nitrogens with two attached hydrogens (primary N) is 2. The van der Waals surface area contributed by atoms with E-state index in [0.717, 1.165) is 11.3 Å². The predicted octanol–water partition coefficient (Wildman–Crippen LogP) is 3.41. The predicted molar refractivity (Wildman–Crippen MR) is 109 cm³/mol. The Kier molecular flexibility index (Phi) is 4.57. The van der Waals surface area contributed by atoms with Crippen LogP contribution in [0.25, 0.3) is 22.5 Å². The van der Waals surface area contributed by atoms with Gasteiger partial charge >= 0.3 is 6.03 Å². The minimum Gasteiger partial charge on any atom is -0.369 e. The molecule has 0 saturated carbocycles. The van der Waals surface area contributed by atoms with Gasteiger partial charge < -0.3 is 32.1 Å². The van der Waals surface area contributed by atoms with Gasteiger partial charge in [-0.05, 0) is 30.3 Å². The molecule has 10 heteroatoms. The number of aromatic nitrogens is 4. The summed E-state index contributed by atoms with van der Waals surface area (Å²) in [5.41, 5.74) is 14.6. The zero-order valence-electron chi connectivity index (χ0n) is 15.0. The summed E-state index contributed by atoms with van der Waals surface area (Å²) < 4.78 is 14.0. The normalized spacial score (nSPS) is 10.7. The zero-order valence-corrected chi connectivity index (χ0v) is 15.0. The van der Waals surface area contributed by atoms with E-state index in [1.165, 1.54) is 18.3 Å². The van der Waals surface area contributed by atoms with Gasteiger partial charge in [0.05, 0.1) is 23.8 Å². The molecule has 29 heavy (non-hydrogen) atoms. The van der Waals surface area contributed by atoms with E-state index >= 15 is 0 Å². The lowest BCUT2D eigenvalue weighted by molar-refractivity contribution is 0.262. The first-order valence-electron chi connectivity index (χ1n) is 8.56. The quantitative estimate of drug-likeness (QED) is 0.314. The van der Waals surface area contributed by atoms with Crippen LogP contribution in [0.3, 0.4) is 0 Å². The molecule has 9 nitrogen and oxygen atoms in total. The summed E-state index contributed by atoms with van der Waals surface area (Å²) in [7, 11) is 0. The van der Waals surface area contributed by atoms with Crippen molar-refractivity contribution < 1.29 is 9.18 Å². The lowest BCUT2D eigenvalue weighted by Gasteiger charge is -2.10. The number of nitrogens with zero attached hydrogens (tertiary/aromatic N) is 2. The molecule has 146 valence electrons. The Balaban J connectivity index is 1.50. The van der Waals surface area contributed by atoms with Crippen molar-refractivity contribution >= 4 is 29.3 Å². The fourth-order valence-corrected chi connectivity index (χ4v) is 2.84. The number of hydrogen-bond donors (Lipinski definition) is 6. The Morgan fingerprint density at radius 1 is 0.862 bits per heavy atom. The molecule has 2 heterocycles. The number of amides is 2. The molecule has 0 saturated heterocycles. The SMILES string of the molecule is Nc1ncc(-c2cccc(NC(=O)Nc3cc(F)cc(-c4cnc(N)[nH]4)c3)c2)[nH]1. The molecule has 2 amide bonds. The summed E-state index contributed by atoms with van der Waals surface area (Å²) in [5.74, 6) is 0.0114. The van der Waals surface area contributed by atoms with Crippen LogP contribution in [0.5, 0.6) is 0 Å². The summed E-state index contributed by atoms with van der Waals surface area (Å²) in [6, 6.07) is 10.7. The topological polar surface area (TPSA) is 151 Å². The number of rotatable bonds is 4. The van der Waals surface area contributed by atoms with Crippen LogP contribution in [-0.2, 0) is 0 Å². The van der Waals surface area contributed by atoms with Crippen LogP contribution in [0.2, 0.25) is 0 Å². The van der Waals surface area contributed by atoms with E-state index in [0.29, 0.717) is 22.9 Å². The molecule has 0 spiro atoms. The zero-order chi connectivity index (χ0) is 20.4. The van der Waals surface area contributed by atoms with E-state index in [-0.39, 0.29) is 11.6 Å². The fraction of sp³-hybridized carbons (Fsp3) is 0. The molecule has 0 fully saturated rings. The summed E-state index contributed by atoms with van der Waals surface area (Å²) in [4.78, 5) is 26.0. The van der Waals surface area contributed by atoms with E-state index in [1.54, 1.807) is 30.5 Å². The number of halogens is 1. The molecule has 0 radical (unpaired) electrons. The van der Waals surface area contributed by atoms with Gasteiger partial charge in [0.25, 0.3) is 0 Å². The van der Waals surface area contributed by atoms with Crippen molar-refractivity contribution in [2.75, 3.05) is 22.1 Å². The van der Waals surface area contributed by atoms with Gasteiger partial charge in [0.15, 0.2) is 11.9 Å². The van der Waals surface area contributed by atoms with Crippen molar-refractivity contribution in [1.29, 1.82) is 0 Å². The van der Waals surface area contributed by atoms with E-state index in [2.05, 4.69) is 30.6 Å². The van der Waals surface area contributed by atoms with Gasteiger partial charge in [-0.3, -0.25) is 0 Å². The molecule has 0 atom stereocenters. The smallest absolute Gasteiger partial charge is 0.323 e. The van der Waals surface area contributed by atoms with Crippen LogP contribution in [0.1, 0.15) is 0 Å². The summed E-state index contributed by atoms with van der Waals surface area (Å²) in [6.45, 7) is 0. The van der Waals surface area contributed by atoms with Gasteiger partial charge in [0.1, 0.15) is 5.82 Å². The van der Waals surface area contributed by atoms with Gasteiger partial charge in [-0.25, -0.2) is 19.2 Å². The molecule has 0 aliphatic heterocycles. The Hall–Kier alpha value is -4.34. The molecule has 8 N–H and O–H groups in total. The van der Waals surface area contributed by atoms with Crippen LogP contribution < -0.4 is 22.1 Å². The van der Waals surface area contributed by atoms with Crippen LogP contribution in [0.4, 0.5) is 32.5 Å². The number of hydrogen-bond acceptors (Lipinski definition) is 5. The number of anilines is 4. The van der Waals surface area contributed by atoms with Gasteiger partial charge in [-0.2, -0.15) is 0 Å². The second-order valence-electron chi connectivity index (χ2n) is 6.25. The number of carbonyl (C=O) groups is 1. The first kappa shape index (κ1) is 18.0. The second kappa shape index (κ2) is 7.35. The van der Waals surface area contributed by atoms with E-state index < -0.39 is 11.8 Å². The highest BCUT2D eigenvalue weighted by Crippen LogP contribution is 2.24. The lowest BCUT2D eigenvalue weighted by Crippen LogP contribution is -2.19. The average Bonchev–Trinajstić information content (AvgIpc) is 3.30. The number of aromatic amines is 2. The van der Waals surface area contributed by atoms with Gasteiger partial charge in [0.2, 0.25) is 0 Å². The third-order valence-corrected chi connectivity index (χ3v) is 4.09. The molecule has 2 aromatic heterocycles. The van der Waals surface area contributed by atoms with E-state index in [9.17, 15) is 9.18 Å². The first-order valence-corrected chi connectivity index (χ1v) is 8.56. The largest absolute Gasteiger partial charge is 0.369 e. The molecular formula is C19H17FN8O. The molecule has 0 aliphatic carbocycles. The number of nitrogen functional groups attached to an aromatic ring is 2. The van der Waals surface area contributed by atoms with Gasteiger partial charge in [0, 0.05) is 22.5 Å². The number of carbonyl (C=O) groups excluding carboxylic acids is 1. The van der Waals surface area contributed by atoms with Crippen molar-refractivity contribution in [1.82, 2.24) is 19.9 Å². The monoisotopic (exact) mass is 392 g/mol. The first-order chi connectivity index (χ1) is 14.0. The number of nitrogens with one attached hydrogen (secondary N) is 4. The Morgan fingerprint density at radius 3 is 2.14 bits per heavy atom. The van der Waals surface area contributed by atoms with Crippen LogP contribution in [-0.4, -0.2) is 26.0 Å². The molecule has 4 aromatic rings. The molecule has 0 bridgehead atoms. The van der Waals surface area contributed by atoms with E-state index in [4.69, 9.17) is 11.5 Å². The minimum absolute atomic E-state index is 0.218. The maximum Gasteiger partial charge on any atom is 0.323 e. The van der Waals surface area contributed by atoms with Crippen LogP contribution in [0.15, 0.2) is 54.9 Å². The summed E-state index contributed by atoms with van der Waals surface area (Å²) in [5, 5.41) is 5.33. The standard InChI is InChI=1S/C19H17FN8O/c20-12-4-11(16-9-24-18(22)28-16)6-14(7-12)26-19(29)25-13-3-1-2-10(5-13)15-8-23-17(21)27-15/h1-9H,(H3,21,23,27)(H3,22,24,28)(H2,25,26,29). The summed E-state index contributed by atoms with van der Waals surface area (Å²) >= 11 is 0. The van der Waals surface area contributed by atoms with Crippen LogP contribution >= 0.6 is 0 Å². The highest BCUT2D eigenvalue weighted by atomic mass is 19.1. The molecule has 2 aromatic carbocycles. The number of imidazole rings is 2. The second-order valence-corrected chi connectivity index (χ2v) is 6.25. The summed E-state index contributed by atoms with van der Waals surface area (Å²) in [6.07, 6.45) is 3.09. The minimum atomic E-state index is -0.521. The number of H-pyrrole nitrogens is 2. The Labute approximate surface area is 164 Å². The highest BCUT2D eigenvalue weighted by Gasteiger charge is 2.09. The number of urea groups is 1. The molecule has 0 aliphatic rings. The van der Waals surface area contributed by atoms with Gasteiger partial charge in [-0.1, -0.05) is 12.1 Å². The highest BCUT2D eigenvalue weighted by molar-refractivity contribution is 6.00. The third kappa shape index (κ3) is 4.16. The van der Waals surface area contributed by atoms with Crippen molar-refractivity contribution in [3.05, 3.63) is 60.7 Å². The van der Waals surface area contributed by atoms with E-state index in [1.807, 2.05) is 6.07 Å². The van der Waals surface area contributed by atoms with Gasteiger partial charge in [-0.15, -0.1) is 0 Å². The lowest BCUT2D eigenvalue weighted by atomic mass is 10.1. The Bertz CT molecular complexity index is 1180. The van der Waals surface area contributed by atoms with Crippen molar-refractivity contribution in [2.45, 2.75) is 0 Å². The average molecular weight is 392 g/mol. The maximum absolute atomic E-state index is 14.0. The molecule has 0 unspecified atom stereocenters. The maximum atomic E-state index is 14.0. The fourth-order valence-electron chi connectivity index (χ4n) is 2.84. The third-order valence-electron chi connectivity index (χ3n) is 4.09. The number of benzene rings is 2. The molecular weight excluding hydrogens is 375 g/mol. The molecule has 4 rings (SSSR count). The van der Waals surface area contributed by atoms with Crippen molar-refractivity contribution in [3.8, 4) is 22.5 Å². The van der Waals surface area contributed by atoms with Crippen molar-refractivity contribution in [2.24, 2.45) is 0 Å². The Morgan fingerprint density at radius 2 is 1.48 bits per heavy atom. The van der Waals surface area contributed by atoms with Crippen LogP contribution in [0, 0.1) is 5.82 Å². The van der Waals surface area contributed by atoms with Crippen molar-refractivity contribution in [3.63, 3.8) is 0 Å².